The Labute approximate surface area is 128 Å². The van der Waals surface area contributed by atoms with E-state index in [9.17, 15) is 0 Å². The van der Waals surface area contributed by atoms with E-state index in [2.05, 4.69) is 52.2 Å². The number of nitrogens with zero attached hydrogens (tertiary/aromatic N) is 2. The fraction of sp³-hybridized carbons (Fsp3) is 0.611. The number of aromatic nitrogens is 2. The standard InChI is InChI=1S/C18H29N3/c1-7-8-16-20-14-11-13(19)9-10-15(14)21(16)18(5,6)12-17(2,3)4/h9-11H,7-8,12,19H2,1-6H3. The average Bonchev–Trinajstić information content (AvgIpc) is 2.63. The van der Waals surface area contributed by atoms with Crippen LogP contribution in [0.25, 0.3) is 11.0 Å². The summed E-state index contributed by atoms with van der Waals surface area (Å²) in [7, 11) is 0. The van der Waals surface area contributed by atoms with Crippen LogP contribution >= 0.6 is 0 Å². The Morgan fingerprint density at radius 3 is 2.38 bits per heavy atom. The largest absolute Gasteiger partial charge is 0.399 e. The predicted octanol–water partition coefficient (Wildman–Crippen LogP) is 4.74. The maximum atomic E-state index is 5.92. The van der Waals surface area contributed by atoms with E-state index in [1.165, 1.54) is 11.3 Å². The minimum absolute atomic E-state index is 0.0353. The van der Waals surface area contributed by atoms with Crippen molar-refractivity contribution >= 4 is 16.7 Å². The van der Waals surface area contributed by atoms with E-state index in [1.54, 1.807) is 0 Å². The molecule has 3 nitrogen and oxygen atoms in total. The molecule has 0 radical (unpaired) electrons. The average molecular weight is 287 g/mol. The molecule has 2 N–H and O–H groups in total. The van der Waals surface area contributed by atoms with E-state index in [1.807, 2.05) is 12.1 Å². The van der Waals surface area contributed by atoms with Crippen LogP contribution in [-0.4, -0.2) is 9.55 Å². The minimum atomic E-state index is 0.0353. The van der Waals surface area contributed by atoms with Gasteiger partial charge in [-0.3, -0.25) is 0 Å². The SMILES string of the molecule is CCCc1nc2cc(N)ccc2n1C(C)(C)CC(C)(C)C. The predicted molar refractivity (Wildman–Crippen MR) is 91.5 cm³/mol. The summed E-state index contributed by atoms with van der Waals surface area (Å²) in [6, 6.07) is 6.07. The van der Waals surface area contributed by atoms with Gasteiger partial charge in [0.1, 0.15) is 5.82 Å². The van der Waals surface area contributed by atoms with Gasteiger partial charge in [-0.25, -0.2) is 4.98 Å². The van der Waals surface area contributed by atoms with Gasteiger partial charge in [0.05, 0.1) is 11.0 Å². The van der Waals surface area contributed by atoms with E-state index < -0.39 is 0 Å². The molecule has 2 aromatic rings. The van der Waals surface area contributed by atoms with Gasteiger partial charge in [-0.05, 0) is 50.3 Å². The van der Waals surface area contributed by atoms with Gasteiger partial charge in [-0.2, -0.15) is 0 Å². The molecule has 0 saturated carbocycles. The van der Waals surface area contributed by atoms with E-state index >= 15 is 0 Å². The first-order chi connectivity index (χ1) is 9.64. The molecule has 21 heavy (non-hydrogen) atoms. The van der Waals surface area contributed by atoms with Crippen LogP contribution in [0.4, 0.5) is 5.69 Å². The van der Waals surface area contributed by atoms with Gasteiger partial charge >= 0.3 is 0 Å². The van der Waals surface area contributed by atoms with E-state index in [4.69, 9.17) is 10.7 Å². The lowest BCUT2D eigenvalue weighted by Crippen LogP contribution is -2.32. The number of nitrogens with two attached hydrogens (primary N) is 1. The Bertz CT molecular complexity index is 630. The highest BCUT2D eigenvalue weighted by Gasteiger charge is 2.30. The number of hydrogen-bond acceptors (Lipinski definition) is 2. The van der Waals surface area contributed by atoms with Crippen LogP contribution in [-0.2, 0) is 12.0 Å². The van der Waals surface area contributed by atoms with Crippen molar-refractivity contribution in [3.05, 3.63) is 24.0 Å². The second-order valence-corrected chi connectivity index (χ2v) is 7.91. The minimum Gasteiger partial charge on any atom is -0.399 e. The van der Waals surface area contributed by atoms with Crippen LogP contribution in [0, 0.1) is 5.41 Å². The summed E-state index contributed by atoms with van der Waals surface area (Å²) in [5, 5.41) is 0. The number of aryl methyl sites for hydroxylation is 1. The summed E-state index contributed by atoms with van der Waals surface area (Å²) >= 11 is 0. The van der Waals surface area contributed by atoms with E-state index in [0.29, 0.717) is 0 Å². The second kappa shape index (κ2) is 5.36. The Morgan fingerprint density at radius 1 is 1.14 bits per heavy atom. The van der Waals surface area contributed by atoms with E-state index in [-0.39, 0.29) is 11.0 Å². The monoisotopic (exact) mass is 287 g/mol. The number of fused-ring (bicyclic) bond motifs is 1. The van der Waals surface area contributed by atoms with Crippen LogP contribution < -0.4 is 5.73 Å². The highest BCUT2D eigenvalue weighted by Crippen LogP contribution is 2.36. The van der Waals surface area contributed by atoms with Crippen molar-refractivity contribution in [2.75, 3.05) is 5.73 Å². The number of hydrogen-bond donors (Lipinski definition) is 1. The highest BCUT2D eigenvalue weighted by molar-refractivity contribution is 5.80. The molecule has 0 aliphatic rings. The van der Waals surface area contributed by atoms with Gasteiger partial charge in [-0.1, -0.05) is 27.7 Å². The first-order valence-electron chi connectivity index (χ1n) is 7.91. The van der Waals surface area contributed by atoms with Crippen LogP contribution in [0.5, 0.6) is 0 Å². The van der Waals surface area contributed by atoms with Crippen molar-refractivity contribution in [1.29, 1.82) is 0 Å². The first-order valence-corrected chi connectivity index (χ1v) is 7.91. The molecule has 1 aromatic heterocycles. The summed E-state index contributed by atoms with van der Waals surface area (Å²) in [6.07, 6.45) is 3.21. The zero-order valence-electron chi connectivity index (χ0n) is 14.3. The number of imidazole rings is 1. The number of benzene rings is 1. The van der Waals surface area contributed by atoms with Gasteiger partial charge in [0.15, 0.2) is 0 Å². The molecule has 1 heterocycles. The fourth-order valence-corrected chi connectivity index (χ4v) is 3.59. The molecule has 2 rings (SSSR count). The smallest absolute Gasteiger partial charge is 0.110 e. The Hall–Kier alpha value is -1.51. The molecule has 0 amide bonds. The summed E-state index contributed by atoms with van der Waals surface area (Å²) in [5.74, 6) is 1.17. The zero-order valence-corrected chi connectivity index (χ0v) is 14.3. The summed E-state index contributed by atoms with van der Waals surface area (Å²) in [4.78, 5) is 4.84. The number of anilines is 1. The molecule has 0 fully saturated rings. The van der Waals surface area contributed by atoms with Crippen LogP contribution in [0.15, 0.2) is 18.2 Å². The Morgan fingerprint density at radius 2 is 1.81 bits per heavy atom. The lowest BCUT2D eigenvalue weighted by atomic mass is 9.81. The molecule has 3 heteroatoms. The molecule has 116 valence electrons. The van der Waals surface area contributed by atoms with Gasteiger partial charge in [0, 0.05) is 17.6 Å². The molecule has 0 aliphatic carbocycles. The van der Waals surface area contributed by atoms with Gasteiger partial charge in [0.2, 0.25) is 0 Å². The Balaban J connectivity index is 2.61. The lowest BCUT2D eigenvalue weighted by Gasteiger charge is -2.35. The second-order valence-electron chi connectivity index (χ2n) is 7.91. The van der Waals surface area contributed by atoms with Gasteiger partial charge in [-0.15, -0.1) is 0 Å². The quantitative estimate of drug-likeness (QED) is 0.825. The Kier molecular flexibility index (Phi) is 4.05. The van der Waals surface area contributed by atoms with Crippen molar-refractivity contribution in [1.82, 2.24) is 9.55 Å². The number of rotatable bonds is 4. The maximum Gasteiger partial charge on any atom is 0.110 e. The molecular formula is C18H29N3. The third-order valence-electron chi connectivity index (χ3n) is 3.79. The van der Waals surface area contributed by atoms with E-state index in [0.717, 1.165) is 30.5 Å². The number of nitrogen functional groups attached to an aromatic ring is 1. The summed E-state index contributed by atoms with van der Waals surface area (Å²) in [5.41, 5.74) is 9.22. The van der Waals surface area contributed by atoms with Crippen LogP contribution in [0.1, 0.15) is 60.2 Å². The highest BCUT2D eigenvalue weighted by atomic mass is 15.1. The van der Waals surface area contributed by atoms with Crippen molar-refractivity contribution < 1.29 is 0 Å². The molecular weight excluding hydrogens is 258 g/mol. The van der Waals surface area contributed by atoms with Crippen molar-refractivity contribution in [3.63, 3.8) is 0 Å². The van der Waals surface area contributed by atoms with Gasteiger partial charge < -0.3 is 10.3 Å². The van der Waals surface area contributed by atoms with Crippen LogP contribution in [0.2, 0.25) is 0 Å². The zero-order chi connectivity index (χ0) is 15.8. The van der Waals surface area contributed by atoms with Crippen molar-refractivity contribution in [3.8, 4) is 0 Å². The molecule has 0 bridgehead atoms. The molecule has 0 spiro atoms. The first kappa shape index (κ1) is 15.9. The molecule has 1 aromatic carbocycles. The maximum absolute atomic E-state index is 5.92. The third-order valence-corrected chi connectivity index (χ3v) is 3.79. The molecule has 0 saturated heterocycles. The van der Waals surface area contributed by atoms with Crippen LogP contribution in [0.3, 0.4) is 0 Å². The lowest BCUT2D eigenvalue weighted by molar-refractivity contribution is 0.215. The fourth-order valence-electron chi connectivity index (χ4n) is 3.59. The normalized spacial score (nSPS) is 13.0. The summed E-state index contributed by atoms with van der Waals surface area (Å²) in [6.45, 7) is 13.7. The molecule has 0 unspecified atom stereocenters. The molecule has 0 atom stereocenters. The topological polar surface area (TPSA) is 43.8 Å². The van der Waals surface area contributed by atoms with Gasteiger partial charge in [0.25, 0.3) is 0 Å². The third kappa shape index (κ3) is 3.39. The summed E-state index contributed by atoms with van der Waals surface area (Å²) < 4.78 is 2.43. The molecule has 0 aliphatic heterocycles. The van der Waals surface area contributed by atoms with Crippen molar-refractivity contribution in [2.45, 2.75) is 66.3 Å². The van der Waals surface area contributed by atoms with Crippen molar-refractivity contribution in [2.24, 2.45) is 5.41 Å².